The lowest BCUT2D eigenvalue weighted by Gasteiger charge is -2.06. The third kappa shape index (κ3) is 2.16. The van der Waals surface area contributed by atoms with Gasteiger partial charge in [-0.05, 0) is 26.0 Å². The molecule has 0 saturated carbocycles. The number of anilines is 1. The maximum Gasteiger partial charge on any atom is 0.146 e. The smallest absolute Gasteiger partial charge is 0.146 e. The van der Waals surface area contributed by atoms with Gasteiger partial charge in [0.15, 0.2) is 0 Å². The topological polar surface area (TPSA) is 63.9 Å². The molecule has 84 valence electrons. The predicted octanol–water partition coefficient (Wildman–Crippen LogP) is 2.19. The number of nitrogens with one attached hydrogen (secondary N) is 1. The fraction of sp³-hybridized carbons (Fsp3) is 0.250. The molecule has 0 aliphatic rings. The fourth-order valence-electron chi connectivity index (χ4n) is 1.45. The standard InChI is InChI=1S/C12H15N3O/c1-8-9(2)15-12(14-8)7-16-11-6-4-3-5-10(11)13/h3-6H,7,13H2,1-2H3,(H,14,15). The number of para-hydroxylation sites is 2. The number of hydrogen-bond donors (Lipinski definition) is 2. The highest BCUT2D eigenvalue weighted by atomic mass is 16.5. The van der Waals surface area contributed by atoms with E-state index < -0.39 is 0 Å². The molecule has 4 heteroatoms. The first-order valence-electron chi connectivity index (χ1n) is 5.16. The largest absolute Gasteiger partial charge is 0.484 e. The van der Waals surface area contributed by atoms with Crippen molar-refractivity contribution >= 4 is 5.69 Å². The lowest BCUT2D eigenvalue weighted by Crippen LogP contribution is -2.00. The van der Waals surface area contributed by atoms with Crippen molar-refractivity contribution in [3.05, 3.63) is 41.5 Å². The Hall–Kier alpha value is -1.97. The summed E-state index contributed by atoms with van der Waals surface area (Å²) in [5.41, 5.74) is 8.47. The zero-order valence-electron chi connectivity index (χ0n) is 9.45. The molecule has 16 heavy (non-hydrogen) atoms. The maximum atomic E-state index is 5.76. The minimum atomic E-state index is 0.406. The summed E-state index contributed by atoms with van der Waals surface area (Å²) < 4.78 is 5.57. The second kappa shape index (κ2) is 4.26. The van der Waals surface area contributed by atoms with Gasteiger partial charge in [0.05, 0.1) is 11.4 Å². The average molecular weight is 217 g/mol. The Labute approximate surface area is 94.5 Å². The molecule has 3 N–H and O–H groups in total. The quantitative estimate of drug-likeness (QED) is 0.774. The summed E-state index contributed by atoms with van der Waals surface area (Å²) in [4.78, 5) is 7.49. The Kier molecular flexibility index (Phi) is 2.81. The van der Waals surface area contributed by atoms with Crippen molar-refractivity contribution < 1.29 is 4.74 Å². The van der Waals surface area contributed by atoms with Crippen molar-refractivity contribution in [1.82, 2.24) is 9.97 Å². The second-order valence-electron chi connectivity index (χ2n) is 3.72. The Morgan fingerprint density at radius 1 is 1.31 bits per heavy atom. The molecular formula is C12H15N3O. The van der Waals surface area contributed by atoms with Crippen molar-refractivity contribution in [3.8, 4) is 5.75 Å². The second-order valence-corrected chi connectivity index (χ2v) is 3.72. The van der Waals surface area contributed by atoms with E-state index in [9.17, 15) is 0 Å². The van der Waals surface area contributed by atoms with E-state index in [0.29, 0.717) is 18.0 Å². The number of aromatic amines is 1. The number of H-pyrrole nitrogens is 1. The number of hydrogen-bond acceptors (Lipinski definition) is 3. The fourth-order valence-corrected chi connectivity index (χ4v) is 1.45. The molecule has 0 saturated heterocycles. The van der Waals surface area contributed by atoms with Crippen LogP contribution in [0.3, 0.4) is 0 Å². The number of rotatable bonds is 3. The number of benzene rings is 1. The van der Waals surface area contributed by atoms with Gasteiger partial charge >= 0.3 is 0 Å². The van der Waals surface area contributed by atoms with Gasteiger partial charge in [-0.15, -0.1) is 0 Å². The molecule has 0 bridgehead atoms. The Bertz CT molecular complexity index is 471. The summed E-state index contributed by atoms with van der Waals surface area (Å²) >= 11 is 0. The van der Waals surface area contributed by atoms with Crippen molar-refractivity contribution in [2.75, 3.05) is 5.73 Å². The van der Waals surface area contributed by atoms with Gasteiger partial charge in [0.1, 0.15) is 18.2 Å². The van der Waals surface area contributed by atoms with Crippen LogP contribution in [0.1, 0.15) is 17.2 Å². The maximum absolute atomic E-state index is 5.76. The first kappa shape index (κ1) is 10.5. The molecule has 0 radical (unpaired) electrons. The SMILES string of the molecule is Cc1nc(COc2ccccc2N)[nH]c1C. The van der Waals surface area contributed by atoms with Gasteiger partial charge in [0.25, 0.3) is 0 Å². The predicted molar refractivity (Wildman–Crippen MR) is 63.2 cm³/mol. The monoisotopic (exact) mass is 217 g/mol. The van der Waals surface area contributed by atoms with Crippen molar-refractivity contribution in [2.45, 2.75) is 20.5 Å². The molecular weight excluding hydrogens is 202 g/mol. The van der Waals surface area contributed by atoms with E-state index in [1.54, 1.807) is 0 Å². The van der Waals surface area contributed by atoms with Crippen LogP contribution in [-0.2, 0) is 6.61 Å². The van der Waals surface area contributed by atoms with Crippen LogP contribution < -0.4 is 10.5 Å². The molecule has 0 spiro atoms. The molecule has 0 aliphatic carbocycles. The van der Waals surface area contributed by atoms with Crippen LogP contribution in [0.4, 0.5) is 5.69 Å². The summed E-state index contributed by atoms with van der Waals surface area (Å²) in [6.45, 7) is 4.36. The minimum absolute atomic E-state index is 0.406. The number of ether oxygens (including phenoxy) is 1. The first-order chi connectivity index (χ1) is 7.66. The molecule has 2 rings (SSSR count). The normalized spacial score (nSPS) is 10.4. The summed E-state index contributed by atoms with van der Waals surface area (Å²) in [6, 6.07) is 7.43. The lowest BCUT2D eigenvalue weighted by molar-refractivity contribution is 0.298. The molecule has 0 aliphatic heterocycles. The number of imidazole rings is 1. The van der Waals surface area contributed by atoms with Crippen LogP contribution in [-0.4, -0.2) is 9.97 Å². The van der Waals surface area contributed by atoms with Crippen LogP contribution in [0, 0.1) is 13.8 Å². The van der Waals surface area contributed by atoms with E-state index in [1.165, 1.54) is 0 Å². The van der Waals surface area contributed by atoms with E-state index in [-0.39, 0.29) is 0 Å². The van der Waals surface area contributed by atoms with Crippen LogP contribution in [0.2, 0.25) is 0 Å². The molecule has 4 nitrogen and oxygen atoms in total. The Morgan fingerprint density at radius 2 is 2.06 bits per heavy atom. The van der Waals surface area contributed by atoms with E-state index in [0.717, 1.165) is 17.2 Å². The summed E-state index contributed by atoms with van der Waals surface area (Å²) in [5, 5.41) is 0. The third-order valence-corrected chi connectivity index (χ3v) is 2.46. The van der Waals surface area contributed by atoms with E-state index >= 15 is 0 Å². The van der Waals surface area contributed by atoms with E-state index in [4.69, 9.17) is 10.5 Å². The van der Waals surface area contributed by atoms with Gasteiger partial charge in [-0.3, -0.25) is 0 Å². The average Bonchev–Trinajstić information content (AvgIpc) is 2.57. The van der Waals surface area contributed by atoms with Crippen LogP contribution in [0.15, 0.2) is 24.3 Å². The Balaban J connectivity index is 2.05. The molecule has 0 unspecified atom stereocenters. The molecule has 2 aromatic rings. The lowest BCUT2D eigenvalue weighted by atomic mass is 10.3. The van der Waals surface area contributed by atoms with Crippen molar-refractivity contribution in [1.29, 1.82) is 0 Å². The highest BCUT2D eigenvalue weighted by molar-refractivity contribution is 5.51. The molecule has 0 atom stereocenters. The number of aryl methyl sites for hydroxylation is 2. The number of nitrogens with zero attached hydrogens (tertiary/aromatic N) is 1. The highest BCUT2D eigenvalue weighted by Crippen LogP contribution is 2.20. The van der Waals surface area contributed by atoms with Crippen LogP contribution >= 0.6 is 0 Å². The highest BCUT2D eigenvalue weighted by Gasteiger charge is 2.04. The summed E-state index contributed by atoms with van der Waals surface area (Å²) in [6.07, 6.45) is 0. The van der Waals surface area contributed by atoms with E-state index in [2.05, 4.69) is 9.97 Å². The minimum Gasteiger partial charge on any atom is -0.484 e. The molecule has 0 amide bonds. The van der Waals surface area contributed by atoms with Crippen molar-refractivity contribution in [3.63, 3.8) is 0 Å². The third-order valence-electron chi connectivity index (χ3n) is 2.46. The zero-order valence-corrected chi connectivity index (χ0v) is 9.45. The number of nitrogens with two attached hydrogens (primary N) is 1. The van der Waals surface area contributed by atoms with Gasteiger partial charge in [0, 0.05) is 5.69 Å². The molecule has 1 heterocycles. The van der Waals surface area contributed by atoms with Gasteiger partial charge in [-0.1, -0.05) is 12.1 Å². The van der Waals surface area contributed by atoms with Crippen molar-refractivity contribution in [2.24, 2.45) is 0 Å². The van der Waals surface area contributed by atoms with Gasteiger partial charge in [-0.2, -0.15) is 0 Å². The molecule has 0 fully saturated rings. The van der Waals surface area contributed by atoms with Gasteiger partial charge in [0.2, 0.25) is 0 Å². The van der Waals surface area contributed by atoms with E-state index in [1.807, 2.05) is 38.1 Å². The summed E-state index contributed by atoms with van der Waals surface area (Å²) in [5.74, 6) is 1.51. The summed E-state index contributed by atoms with van der Waals surface area (Å²) in [7, 11) is 0. The molecule has 1 aromatic carbocycles. The van der Waals surface area contributed by atoms with Crippen LogP contribution in [0.5, 0.6) is 5.75 Å². The molecule has 1 aromatic heterocycles. The van der Waals surface area contributed by atoms with Gasteiger partial charge in [-0.25, -0.2) is 4.98 Å². The Morgan fingerprint density at radius 3 is 2.69 bits per heavy atom. The van der Waals surface area contributed by atoms with Gasteiger partial charge < -0.3 is 15.5 Å². The number of nitrogen functional groups attached to an aromatic ring is 1. The first-order valence-corrected chi connectivity index (χ1v) is 5.16. The number of aromatic nitrogens is 2. The zero-order chi connectivity index (χ0) is 11.5. The van der Waals surface area contributed by atoms with Crippen LogP contribution in [0.25, 0.3) is 0 Å².